The number of morpholine rings is 1. The van der Waals surface area contributed by atoms with E-state index in [0.717, 1.165) is 44.1 Å². The molecular weight excluding hydrogens is 312 g/mol. The number of amides is 1. The molecule has 1 heterocycles. The molecule has 5 fully saturated rings. The molecular formula is C18H31ClN2O2. The molecule has 1 amide bonds. The van der Waals surface area contributed by atoms with E-state index < -0.39 is 0 Å². The lowest BCUT2D eigenvalue weighted by Crippen LogP contribution is -2.57. The smallest absolute Gasteiger partial charge is 0.234 e. The summed E-state index contributed by atoms with van der Waals surface area (Å²) < 4.78 is 5.35. The summed E-state index contributed by atoms with van der Waals surface area (Å²) in [5, 5.41) is 3.36. The number of ether oxygens (including phenoxy) is 1. The molecule has 5 aliphatic rings. The summed E-state index contributed by atoms with van der Waals surface area (Å²) in [5.74, 6) is 3.06. The van der Waals surface area contributed by atoms with Gasteiger partial charge in [0.15, 0.2) is 0 Å². The van der Waals surface area contributed by atoms with Crippen molar-refractivity contribution in [1.29, 1.82) is 0 Å². The zero-order valence-corrected chi connectivity index (χ0v) is 15.1. The number of nitrogens with one attached hydrogen (secondary N) is 1. The van der Waals surface area contributed by atoms with Gasteiger partial charge >= 0.3 is 0 Å². The number of nitrogens with zero attached hydrogens (tertiary/aromatic N) is 1. The summed E-state index contributed by atoms with van der Waals surface area (Å²) in [6.45, 7) is 6.11. The molecule has 4 bridgehead atoms. The van der Waals surface area contributed by atoms with Crippen molar-refractivity contribution in [3.63, 3.8) is 0 Å². The molecule has 0 radical (unpaired) electrons. The van der Waals surface area contributed by atoms with Crippen LogP contribution in [0.4, 0.5) is 0 Å². The predicted octanol–water partition coefficient (Wildman–Crippen LogP) is 2.46. The van der Waals surface area contributed by atoms with Crippen LogP contribution in [0.15, 0.2) is 0 Å². The highest BCUT2D eigenvalue weighted by molar-refractivity contribution is 5.85. The van der Waals surface area contributed by atoms with E-state index in [4.69, 9.17) is 4.74 Å². The zero-order chi connectivity index (χ0) is 15.2. The first-order valence-electron chi connectivity index (χ1n) is 9.22. The second-order valence-electron chi connectivity index (χ2n) is 8.46. The predicted molar refractivity (Wildman–Crippen MR) is 92.7 cm³/mol. The average molecular weight is 343 g/mol. The summed E-state index contributed by atoms with van der Waals surface area (Å²) in [5.41, 5.74) is 0.412. The van der Waals surface area contributed by atoms with Gasteiger partial charge in [0.05, 0.1) is 19.8 Å². The zero-order valence-electron chi connectivity index (χ0n) is 14.3. The molecule has 1 atom stereocenters. The minimum absolute atomic E-state index is 0. The van der Waals surface area contributed by atoms with Gasteiger partial charge < -0.3 is 10.1 Å². The number of carbonyl (C=O) groups excluding carboxylic acids is 1. The number of hydrogen-bond donors (Lipinski definition) is 1. The molecule has 4 saturated carbocycles. The molecule has 1 unspecified atom stereocenters. The number of halogens is 1. The van der Waals surface area contributed by atoms with Crippen LogP contribution in [0.25, 0.3) is 0 Å². The Morgan fingerprint density at radius 1 is 1.13 bits per heavy atom. The van der Waals surface area contributed by atoms with Crippen molar-refractivity contribution in [2.45, 2.75) is 51.5 Å². The minimum atomic E-state index is 0. The van der Waals surface area contributed by atoms with Crippen LogP contribution in [0.2, 0.25) is 0 Å². The second kappa shape index (κ2) is 6.89. The topological polar surface area (TPSA) is 41.6 Å². The fraction of sp³-hybridized carbons (Fsp3) is 0.944. The average Bonchev–Trinajstić information content (AvgIpc) is 2.46. The number of rotatable bonds is 4. The molecule has 132 valence electrons. The molecule has 0 aromatic heterocycles. The Morgan fingerprint density at radius 3 is 2.17 bits per heavy atom. The van der Waals surface area contributed by atoms with E-state index in [2.05, 4.69) is 17.1 Å². The molecule has 4 nitrogen and oxygen atoms in total. The van der Waals surface area contributed by atoms with Crippen LogP contribution in [-0.2, 0) is 9.53 Å². The van der Waals surface area contributed by atoms with Gasteiger partial charge in [0.2, 0.25) is 5.91 Å². The van der Waals surface area contributed by atoms with Gasteiger partial charge in [0, 0.05) is 19.1 Å². The Morgan fingerprint density at radius 2 is 1.65 bits per heavy atom. The molecule has 0 aromatic carbocycles. The van der Waals surface area contributed by atoms with Crippen molar-refractivity contribution in [3.05, 3.63) is 0 Å². The van der Waals surface area contributed by atoms with Gasteiger partial charge in [-0.25, -0.2) is 0 Å². The highest BCUT2D eigenvalue weighted by Crippen LogP contribution is 2.61. The Labute approximate surface area is 146 Å². The summed E-state index contributed by atoms with van der Waals surface area (Å²) in [4.78, 5) is 14.6. The quantitative estimate of drug-likeness (QED) is 0.853. The molecule has 1 saturated heterocycles. The summed E-state index contributed by atoms with van der Waals surface area (Å²) in [7, 11) is 0. The van der Waals surface area contributed by atoms with Crippen LogP contribution in [0.3, 0.4) is 0 Å². The first kappa shape index (κ1) is 17.5. The minimum Gasteiger partial charge on any atom is -0.379 e. The normalized spacial score (nSPS) is 40.5. The lowest BCUT2D eigenvalue weighted by molar-refractivity contribution is -0.127. The maximum atomic E-state index is 12.4. The van der Waals surface area contributed by atoms with Crippen molar-refractivity contribution in [2.75, 3.05) is 32.8 Å². The Bertz CT molecular complexity index is 401. The van der Waals surface area contributed by atoms with Gasteiger partial charge in [-0.2, -0.15) is 0 Å². The van der Waals surface area contributed by atoms with Gasteiger partial charge in [-0.1, -0.05) is 0 Å². The monoisotopic (exact) mass is 342 g/mol. The summed E-state index contributed by atoms with van der Waals surface area (Å²) in [6.07, 6.45) is 8.48. The van der Waals surface area contributed by atoms with Crippen LogP contribution in [0, 0.1) is 23.2 Å². The first-order valence-corrected chi connectivity index (χ1v) is 9.22. The summed E-state index contributed by atoms with van der Waals surface area (Å²) in [6, 6.07) is 0.342. The fourth-order valence-corrected chi connectivity index (χ4v) is 6.11. The van der Waals surface area contributed by atoms with E-state index in [1.165, 1.54) is 38.5 Å². The third-order valence-corrected chi connectivity index (χ3v) is 6.85. The fourth-order valence-electron chi connectivity index (χ4n) is 6.11. The standard InChI is InChI=1S/C18H30N2O2.ClH/c1-13(19-17(21)12-20-2-4-22-5-3-20)18-9-14-6-15(10-18)8-16(7-14)11-18;/h13-16H,2-12H2,1H3,(H,19,21);1H. The van der Waals surface area contributed by atoms with Gasteiger partial charge in [-0.15, -0.1) is 12.4 Å². The van der Waals surface area contributed by atoms with Crippen LogP contribution in [0.1, 0.15) is 45.4 Å². The Kier molecular flexibility index (Phi) is 5.24. The van der Waals surface area contributed by atoms with Gasteiger partial charge in [-0.05, 0) is 68.6 Å². The van der Waals surface area contributed by atoms with Crippen LogP contribution < -0.4 is 5.32 Å². The highest BCUT2D eigenvalue weighted by atomic mass is 35.5. The third kappa shape index (κ3) is 3.54. The molecule has 0 spiro atoms. The lowest BCUT2D eigenvalue weighted by Gasteiger charge is -2.59. The molecule has 1 N–H and O–H groups in total. The van der Waals surface area contributed by atoms with Crippen molar-refractivity contribution in [3.8, 4) is 0 Å². The van der Waals surface area contributed by atoms with E-state index in [-0.39, 0.29) is 18.3 Å². The SMILES string of the molecule is CC(NC(=O)CN1CCOCC1)C12CC3CC(CC(C3)C1)C2.Cl. The number of hydrogen-bond acceptors (Lipinski definition) is 3. The van der Waals surface area contributed by atoms with E-state index in [0.29, 0.717) is 18.0 Å². The maximum Gasteiger partial charge on any atom is 0.234 e. The maximum absolute atomic E-state index is 12.4. The molecule has 5 rings (SSSR count). The van der Waals surface area contributed by atoms with Crippen molar-refractivity contribution < 1.29 is 9.53 Å². The van der Waals surface area contributed by atoms with Crippen molar-refractivity contribution >= 4 is 18.3 Å². The molecule has 4 aliphatic carbocycles. The second-order valence-corrected chi connectivity index (χ2v) is 8.46. The van der Waals surface area contributed by atoms with Gasteiger partial charge in [-0.3, -0.25) is 9.69 Å². The van der Waals surface area contributed by atoms with Crippen LogP contribution in [0.5, 0.6) is 0 Å². The van der Waals surface area contributed by atoms with Gasteiger partial charge in [0.25, 0.3) is 0 Å². The third-order valence-electron chi connectivity index (χ3n) is 6.85. The summed E-state index contributed by atoms with van der Waals surface area (Å²) >= 11 is 0. The van der Waals surface area contributed by atoms with Gasteiger partial charge in [0.1, 0.15) is 0 Å². The van der Waals surface area contributed by atoms with E-state index in [1.54, 1.807) is 0 Å². The van der Waals surface area contributed by atoms with Crippen molar-refractivity contribution in [1.82, 2.24) is 10.2 Å². The van der Waals surface area contributed by atoms with E-state index in [9.17, 15) is 4.79 Å². The first-order chi connectivity index (χ1) is 10.6. The Balaban J connectivity index is 0.00000156. The van der Waals surface area contributed by atoms with Crippen molar-refractivity contribution in [2.24, 2.45) is 23.2 Å². The highest BCUT2D eigenvalue weighted by Gasteiger charge is 2.53. The molecule has 5 heteroatoms. The molecule has 0 aromatic rings. The van der Waals surface area contributed by atoms with E-state index >= 15 is 0 Å². The molecule has 23 heavy (non-hydrogen) atoms. The van der Waals surface area contributed by atoms with Crippen LogP contribution >= 0.6 is 12.4 Å². The Hall–Kier alpha value is -0.320. The lowest BCUT2D eigenvalue weighted by atomic mass is 9.48. The van der Waals surface area contributed by atoms with E-state index in [1.807, 2.05) is 0 Å². The van der Waals surface area contributed by atoms with Crippen LogP contribution in [-0.4, -0.2) is 49.7 Å². The largest absolute Gasteiger partial charge is 0.379 e. The molecule has 1 aliphatic heterocycles. The number of carbonyl (C=O) groups is 1.